The first-order chi connectivity index (χ1) is 11.4. The molecular formula is C16H22BrFN2O3S. The number of rotatable bonds is 5. The number of nitrogens with zero attached hydrogens (tertiary/aromatic N) is 1. The Morgan fingerprint density at radius 1 is 1.54 bits per heavy atom. The van der Waals surface area contributed by atoms with E-state index in [1.165, 1.54) is 6.07 Å². The van der Waals surface area contributed by atoms with E-state index in [9.17, 15) is 14.0 Å². The van der Waals surface area contributed by atoms with Crippen molar-refractivity contribution in [1.29, 1.82) is 0 Å². The van der Waals surface area contributed by atoms with Gasteiger partial charge in [-0.3, -0.25) is 4.79 Å². The Morgan fingerprint density at radius 2 is 2.29 bits per heavy atom. The summed E-state index contributed by atoms with van der Waals surface area (Å²) in [6.45, 7) is 4.93. The zero-order valence-corrected chi connectivity index (χ0v) is 16.2. The summed E-state index contributed by atoms with van der Waals surface area (Å²) in [5.74, 6) is -0.922. The fraction of sp³-hybridized carbons (Fsp3) is 0.625. The van der Waals surface area contributed by atoms with Gasteiger partial charge in [0.05, 0.1) is 10.4 Å². The van der Waals surface area contributed by atoms with Crippen molar-refractivity contribution in [2.75, 3.05) is 13.2 Å². The Morgan fingerprint density at radius 3 is 2.88 bits per heavy atom. The first kappa shape index (κ1) is 19.2. The van der Waals surface area contributed by atoms with Gasteiger partial charge >= 0.3 is 6.09 Å². The van der Waals surface area contributed by atoms with Gasteiger partial charge < -0.3 is 15.0 Å². The van der Waals surface area contributed by atoms with Crippen LogP contribution in [-0.4, -0.2) is 42.1 Å². The van der Waals surface area contributed by atoms with E-state index in [1.807, 2.05) is 13.8 Å². The summed E-state index contributed by atoms with van der Waals surface area (Å²) < 4.78 is 19.5. The van der Waals surface area contributed by atoms with Crippen molar-refractivity contribution in [3.63, 3.8) is 0 Å². The van der Waals surface area contributed by atoms with Crippen molar-refractivity contribution in [3.8, 4) is 0 Å². The van der Waals surface area contributed by atoms with Crippen LogP contribution in [0.2, 0.25) is 0 Å². The largest absolute Gasteiger partial charge is 0.449 e. The van der Waals surface area contributed by atoms with E-state index in [0.717, 1.165) is 24.2 Å². The molecule has 0 bridgehead atoms. The highest BCUT2D eigenvalue weighted by molar-refractivity contribution is 9.11. The van der Waals surface area contributed by atoms with Crippen molar-refractivity contribution >= 4 is 39.3 Å². The highest BCUT2D eigenvalue weighted by atomic mass is 79.9. The molecule has 2 amide bonds. The first-order valence-corrected chi connectivity index (χ1v) is 9.72. The molecule has 1 saturated heterocycles. The van der Waals surface area contributed by atoms with E-state index in [0.29, 0.717) is 29.8 Å². The third-order valence-corrected chi connectivity index (χ3v) is 5.64. The molecule has 0 aliphatic carbocycles. The van der Waals surface area contributed by atoms with Gasteiger partial charge in [0.15, 0.2) is 0 Å². The van der Waals surface area contributed by atoms with Crippen LogP contribution in [0.3, 0.4) is 0 Å². The molecule has 1 aromatic heterocycles. The number of carbonyl (C=O) groups excluding carboxylic acids is 2. The van der Waals surface area contributed by atoms with Gasteiger partial charge in [-0.15, -0.1) is 11.3 Å². The molecule has 0 spiro atoms. The molecule has 1 fully saturated rings. The molecule has 0 aromatic carbocycles. The summed E-state index contributed by atoms with van der Waals surface area (Å²) in [5.41, 5.74) is 0. The van der Waals surface area contributed by atoms with Gasteiger partial charge in [0.25, 0.3) is 5.91 Å². The Labute approximate surface area is 153 Å². The zero-order chi connectivity index (χ0) is 17.7. The summed E-state index contributed by atoms with van der Waals surface area (Å²) in [6.07, 6.45) is 2.80. The maximum Gasteiger partial charge on any atom is 0.409 e. The summed E-state index contributed by atoms with van der Waals surface area (Å²) in [7, 11) is 0. The SMILES string of the molecule is CCCCOC(=O)N1CCC(NC(=O)c2sc(Br)cc2F)CC1C. The van der Waals surface area contributed by atoms with Crippen LogP contribution in [0.15, 0.2) is 9.85 Å². The molecule has 8 heteroatoms. The second kappa shape index (κ2) is 8.80. The van der Waals surface area contributed by atoms with Gasteiger partial charge in [-0.2, -0.15) is 0 Å². The zero-order valence-electron chi connectivity index (χ0n) is 13.8. The Balaban J connectivity index is 1.85. The lowest BCUT2D eigenvalue weighted by atomic mass is 9.98. The Hall–Kier alpha value is -1.15. The van der Waals surface area contributed by atoms with Gasteiger partial charge in [-0.1, -0.05) is 13.3 Å². The van der Waals surface area contributed by atoms with E-state index in [2.05, 4.69) is 21.2 Å². The lowest BCUT2D eigenvalue weighted by Crippen LogP contribution is -2.51. The number of halogens is 2. The van der Waals surface area contributed by atoms with Gasteiger partial charge in [-0.05, 0) is 48.2 Å². The number of nitrogens with one attached hydrogen (secondary N) is 1. The minimum Gasteiger partial charge on any atom is -0.449 e. The number of amides is 2. The average Bonchev–Trinajstić information content (AvgIpc) is 2.86. The lowest BCUT2D eigenvalue weighted by Gasteiger charge is -2.37. The summed E-state index contributed by atoms with van der Waals surface area (Å²) in [4.78, 5) is 26.0. The molecule has 1 aromatic rings. The molecule has 5 nitrogen and oxygen atoms in total. The third-order valence-electron chi connectivity index (χ3n) is 4.03. The van der Waals surface area contributed by atoms with Gasteiger partial charge in [0.2, 0.25) is 0 Å². The molecule has 2 heterocycles. The smallest absolute Gasteiger partial charge is 0.409 e. The van der Waals surface area contributed by atoms with Crippen LogP contribution >= 0.6 is 27.3 Å². The molecule has 0 saturated carbocycles. The topological polar surface area (TPSA) is 58.6 Å². The van der Waals surface area contributed by atoms with Crippen LogP contribution in [0.4, 0.5) is 9.18 Å². The number of unbranched alkanes of at least 4 members (excludes halogenated alkanes) is 1. The Bertz CT molecular complexity index is 596. The van der Waals surface area contributed by atoms with E-state index < -0.39 is 11.7 Å². The van der Waals surface area contributed by atoms with Crippen molar-refractivity contribution in [3.05, 3.63) is 20.5 Å². The summed E-state index contributed by atoms with van der Waals surface area (Å²) in [5, 5.41) is 2.86. The maximum absolute atomic E-state index is 13.7. The monoisotopic (exact) mass is 420 g/mol. The fourth-order valence-electron chi connectivity index (χ4n) is 2.71. The third kappa shape index (κ3) is 4.92. The molecule has 2 unspecified atom stereocenters. The van der Waals surface area contributed by atoms with Crippen molar-refractivity contribution < 1.29 is 18.7 Å². The van der Waals surface area contributed by atoms with Gasteiger partial charge in [0.1, 0.15) is 10.7 Å². The predicted octanol–water partition coefficient (Wildman–Crippen LogP) is 4.17. The quantitative estimate of drug-likeness (QED) is 0.727. The standard InChI is InChI=1S/C16H22BrFN2O3S/c1-3-4-7-23-16(22)20-6-5-11(8-10(20)2)19-15(21)14-12(18)9-13(17)24-14/h9-11H,3-8H2,1-2H3,(H,19,21). The first-order valence-electron chi connectivity index (χ1n) is 8.11. The lowest BCUT2D eigenvalue weighted by molar-refractivity contribution is 0.0677. The molecule has 134 valence electrons. The van der Waals surface area contributed by atoms with Crippen molar-refractivity contribution in [1.82, 2.24) is 10.2 Å². The number of ether oxygens (including phenoxy) is 1. The van der Waals surface area contributed by atoms with Crippen LogP contribution in [0.25, 0.3) is 0 Å². The fourth-order valence-corrected chi connectivity index (χ4v) is 4.06. The van der Waals surface area contributed by atoms with Gasteiger partial charge in [-0.25, -0.2) is 9.18 Å². The average molecular weight is 421 g/mol. The second-order valence-corrected chi connectivity index (χ2v) is 8.36. The number of likely N-dealkylation sites (tertiary alicyclic amines) is 1. The van der Waals surface area contributed by atoms with Crippen molar-refractivity contribution in [2.24, 2.45) is 0 Å². The van der Waals surface area contributed by atoms with Crippen LogP contribution in [0.5, 0.6) is 0 Å². The number of thiophene rings is 1. The number of piperidine rings is 1. The van der Waals surface area contributed by atoms with Crippen LogP contribution in [0, 0.1) is 5.82 Å². The van der Waals surface area contributed by atoms with E-state index in [-0.39, 0.29) is 23.1 Å². The molecule has 0 radical (unpaired) electrons. The van der Waals surface area contributed by atoms with Crippen LogP contribution in [0.1, 0.15) is 49.2 Å². The highest BCUT2D eigenvalue weighted by Crippen LogP contribution is 2.26. The van der Waals surface area contributed by atoms with E-state index >= 15 is 0 Å². The maximum atomic E-state index is 13.7. The second-order valence-electron chi connectivity index (χ2n) is 5.93. The molecule has 2 rings (SSSR count). The molecule has 1 N–H and O–H groups in total. The summed E-state index contributed by atoms with van der Waals surface area (Å²) >= 11 is 4.25. The predicted molar refractivity (Wildman–Crippen MR) is 94.9 cm³/mol. The minimum absolute atomic E-state index is 0.0295. The van der Waals surface area contributed by atoms with Gasteiger partial charge in [0, 0.05) is 18.6 Å². The molecular weight excluding hydrogens is 399 g/mol. The molecule has 1 aliphatic heterocycles. The molecule has 24 heavy (non-hydrogen) atoms. The van der Waals surface area contributed by atoms with Crippen LogP contribution < -0.4 is 5.32 Å². The number of hydrogen-bond acceptors (Lipinski definition) is 4. The highest BCUT2D eigenvalue weighted by Gasteiger charge is 2.31. The Kier molecular flexibility index (Phi) is 7.03. The number of carbonyl (C=O) groups is 2. The normalized spacial score (nSPS) is 20.8. The number of hydrogen-bond donors (Lipinski definition) is 1. The van der Waals surface area contributed by atoms with E-state index in [4.69, 9.17) is 4.74 Å². The molecule has 2 atom stereocenters. The molecule has 1 aliphatic rings. The van der Waals surface area contributed by atoms with Crippen molar-refractivity contribution in [2.45, 2.75) is 51.6 Å². The summed E-state index contributed by atoms with van der Waals surface area (Å²) in [6, 6.07) is 1.18. The van der Waals surface area contributed by atoms with E-state index in [1.54, 1.807) is 4.90 Å². The van der Waals surface area contributed by atoms with Crippen LogP contribution in [-0.2, 0) is 4.74 Å². The minimum atomic E-state index is -0.519.